The first-order chi connectivity index (χ1) is 8.27. The van der Waals surface area contributed by atoms with Crippen LogP contribution in [0.5, 0.6) is 0 Å². The molecule has 3 heteroatoms. The summed E-state index contributed by atoms with van der Waals surface area (Å²) in [5.41, 5.74) is 0. The summed E-state index contributed by atoms with van der Waals surface area (Å²) in [6.45, 7) is 8.76. The molecule has 0 aromatic heterocycles. The summed E-state index contributed by atoms with van der Waals surface area (Å²) in [6, 6.07) is 0. The van der Waals surface area contributed by atoms with Gasteiger partial charge < -0.3 is 14.6 Å². The number of allylic oxidation sites excluding steroid dienone is 1. The summed E-state index contributed by atoms with van der Waals surface area (Å²) in [6.07, 6.45) is 6.21. The first kappa shape index (κ1) is 12.8. The minimum absolute atomic E-state index is 0.0692. The summed E-state index contributed by atoms with van der Waals surface area (Å²) in [5.74, 6) is 0.561. The van der Waals surface area contributed by atoms with Crippen molar-refractivity contribution >= 4 is 0 Å². The summed E-state index contributed by atoms with van der Waals surface area (Å²) in [5, 5.41) is 10.0. The van der Waals surface area contributed by atoms with Crippen molar-refractivity contribution in [2.75, 3.05) is 13.2 Å². The molecular formula is C14H22O3. The van der Waals surface area contributed by atoms with Gasteiger partial charge in [0.2, 0.25) is 0 Å². The normalized spacial score (nSPS) is 37.7. The van der Waals surface area contributed by atoms with Crippen molar-refractivity contribution in [2.45, 2.75) is 37.6 Å². The van der Waals surface area contributed by atoms with Crippen LogP contribution in [0.3, 0.4) is 0 Å². The van der Waals surface area contributed by atoms with Gasteiger partial charge >= 0.3 is 0 Å². The molecule has 2 rings (SSSR count). The number of aliphatic hydroxyl groups is 1. The Hall–Kier alpha value is -0.640. The van der Waals surface area contributed by atoms with E-state index in [-0.39, 0.29) is 24.2 Å². The predicted octanol–water partition coefficient (Wildman–Crippen LogP) is 1.92. The van der Waals surface area contributed by atoms with Gasteiger partial charge in [-0.15, -0.1) is 13.2 Å². The van der Waals surface area contributed by atoms with Crippen LogP contribution in [0.15, 0.2) is 25.3 Å². The van der Waals surface area contributed by atoms with Crippen LogP contribution in [0.1, 0.15) is 19.3 Å². The van der Waals surface area contributed by atoms with Crippen molar-refractivity contribution in [1.29, 1.82) is 0 Å². The third-order valence-electron chi connectivity index (χ3n) is 3.84. The molecule has 3 unspecified atom stereocenters. The smallest absolute Gasteiger partial charge is 0.0915 e. The van der Waals surface area contributed by atoms with Crippen LogP contribution in [0.2, 0.25) is 0 Å². The van der Waals surface area contributed by atoms with E-state index in [1.165, 1.54) is 0 Å². The molecule has 0 amide bonds. The molecule has 2 aliphatic heterocycles. The fraction of sp³-hybridized carbons (Fsp3) is 0.714. The molecule has 2 fully saturated rings. The van der Waals surface area contributed by atoms with Crippen LogP contribution < -0.4 is 0 Å². The molecule has 5 atom stereocenters. The van der Waals surface area contributed by atoms with E-state index in [1.54, 1.807) is 6.08 Å². The molecule has 0 saturated carbocycles. The molecule has 3 nitrogen and oxygen atoms in total. The highest BCUT2D eigenvalue weighted by Crippen LogP contribution is 2.38. The SMILES string of the molecule is C=CCCC1CO[C@@H]2C(C(O)CC=C)CO[C@H]12. The van der Waals surface area contributed by atoms with Crippen LogP contribution in [-0.2, 0) is 9.47 Å². The maximum atomic E-state index is 10.0. The lowest BCUT2D eigenvalue weighted by Crippen LogP contribution is -2.33. The van der Waals surface area contributed by atoms with E-state index in [2.05, 4.69) is 13.2 Å². The van der Waals surface area contributed by atoms with Gasteiger partial charge in [-0.3, -0.25) is 0 Å². The van der Waals surface area contributed by atoms with E-state index in [1.807, 2.05) is 6.08 Å². The van der Waals surface area contributed by atoms with Gasteiger partial charge in [0.05, 0.1) is 31.5 Å². The second-order valence-corrected chi connectivity index (χ2v) is 4.98. The first-order valence-corrected chi connectivity index (χ1v) is 6.41. The van der Waals surface area contributed by atoms with Crippen LogP contribution in [0, 0.1) is 11.8 Å². The molecule has 0 aliphatic carbocycles. The Morgan fingerprint density at radius 1 is 1.18 bits per heavy atom. The van der Waals surface area contributed by atoms with Gasteiger partial charge in [0, 0.05) is 11.8 Å². The highest BCUT2D eigenvalue weighted by atomic mass is 16.6. The molecule has 2 aliphatic rings. The summed E-state index contributed by atoms with van der Waals surface area (Å²) < 4.78 is 11.6. The molecule has 17 heavy (non-hydrogen) atoms. The van der Waals surface area contributed by atoms with Gasteiger partial charge in [-0.25, -0.2) is 0 Å². The molecule has 0 bridgehead atoms. The van der Waals surface area contributed by atoms with Crippen LogP contribution in [-0.4, -0.2) is 36.6 Å². The average molecular weight is 238 g/mol. The van der Waals surface area contributed by atoms with Crippen molar-refractivity contribution in [3.63, 3.8) is 0 Å². The highest BCUT2D eigenvalue weighted by Gasteiger charge is 2.48. The van der Waals surface area contributed by atoms with Crippen molar-refractivity contribution < 1.29 is 14.6 Å². The van der Waals surface area contributed by atoms with Crippen LogP contribution >= 0.6 is 0 Å². The summed E-state index contributed by atoms with van der Waals surface area (Å²) in [7, 11) is 0. The molecule has 0 aromatic rings. The van der Waals surface area contributed by atoms with E-state index in [9.17, 15) is 5.11 Å². The second-order valence-electron chi connectivity index (χ2n) is 4.98. The van der Waals surface area contributed by atoms with Crippen molar-refractivity contribution in [1.82, 2.24) is 0 Å². The molecule has 0 radical (unpaired) electrons. The monoisotopic (exact) mass is 238 g/mol. The van der Waals surface area contributed by atoms with Crippen LogP contribution in [0.25, 0.3) is 0 Å². The maximum Gasteiger partial charge on any atom is 0.0915 e. The minimum Gasteiger partial charge on any atom is -0.392 e. The van der Waals surface area contributed by atoms with E-state index in [4.69, 9.17) is 9.47 Å². The Balaban J connectivity index is 1.91. The highest BCUT2D eigenvalue weighted by molar-refractivity contribution is 4.97. The zero-order valence-electron chi connectivity index (χ0n) is 10.3. The third kappa shape index (κ3) is 2.62. The fourth-order valence-corrected chi connectivity index (χ4v) is 2.86. The van der Waals surface area contributed by atoms with E-state index in [0.717, 1.165) is 19.4 Å². The molecule has 0 aromatic carbocycles. The molecule has 2 saturated heterocycles. The Kier molecular flexibility index (Phi) is 4.37. The van der Waals surface area contributed by atoms with Gasteiger partial charge in [0.1, 0.15) is 0 Å². The summed E-state index contributed by atoms with van der Waals surface area (Å²) in [4.78, 5) is 0. The lowest BCUT2D eigenvalue weighted by molar-refractivity contribution is 0.0120. The standard InChI is InChI=1S/C14H22O3/c1-3-5-7-10-8-16-14-11(9-17-13(10)14)12(15)6-4-2/h3-4,10-15H,1-2,5-9H2/t10?,11?,12?,13-,14-/m1/s1. The topological polar surface area (TPSA) is 38.7 Å². The molecule has 1 N–H and O–H groups in total. The van der Waals surface area contributed by atoms with Gasteiger partial charge in [0.15, 0.2) is 0 Å². The molecule has 0 spiro atoms. The van der Waals surface area contributed by atoms with Gasteiger partial charge in [-0.2, -0.15) is 0 Å². The predicted molar refractivity (Wildman–Crippen MR) is 66.7 cm³/mol. The molecular weight excluding hydrogens is 216 g/mol. The number of fused-ring (bicyclic) bond motifs is 1. The Labute approximate surface area is 103 Å². The quantitative estimate of drug-likeness (QED) is 0.718. The largest absolute Gasteiger partial charge is 0.392 e. The van der Waals surface area contributed by atoms with Gasteiger partial charge in [-0.1, -0.05) is 12.2 Å². The van der Waals surface area contributed by atoms with E-state index >= 15 is 0 Å². The first-order valence-electron chi connectivity index (χ1n) is 6.41. The third-order valence-corrected chi connectivity index (χ3v) is 3.84. The number of ether oxygens (including phenoxy) is 2. The molecule has 96 valence electrons. The Morgan fingerprint density at radius 3 is 2.65 bits per heavy atom. The number of rotatable bonds is 6. The Bertz CT molecular complexity index is 277. The fourth-order valence-electron chi connectivity index (χ4n) is 2.86. The van der Waals surface area contributed by atoms with Crippen LogP contribution in [0.4, 0.5) is 0 Å². The minimum atomic E-state index is -0.388. The molecule has 2 heterocycles. The lowest BCUT2D eigenvalue weighted by atomic mass is 9.89. The lowest BCUT2D eigenvalue weighted by Gasteiger charge is -2.20. The van der Waals surface area contributed by atoms with Crippen molar-refractivity contribution in [3.05, 3.63) is 25.3 Å². The second kappa shape index (κ2) is 5.80. The summed E-state index contributed by atoms with van der Waals surface area (Å²) >= 11 is 0. The number of hydrogen-bond acceptors (Lipinski definition) is 3. The zero-order valence-corrected chi connectivity index (χ0v) is 10.3. The average Bonchev–Trinajstić information content (AvgIpc) is 2.87. The number of aliphatic hydroxyl groups excluding tert-OH is 1. The Morgan fingerprint density at radius 2 is 1.94 bits per heavy atom. The van der Waals surface area contributed by atoms with Crippen molar-refractivity contribution in [3.8, 4) is 0 Å². The maximum absolute atomic E-state index is 10.0. The zero-order chi connectivity index (χ0) is 12.3. The van der Waals surface area contributed by atoms with Gasteiger partial charge in [0.25, 0.3) is 0 Å². The van der Waals surface area contributed by atoms with Gasteiger partial charge in [-0.05, 0) is 19.3 Å². The van der Waals surface area contributed by atoms with E-state index < -0.39 is 0 Å². The number of hydrogen-bond donors (Lipinski definition) is 1. The van der Waals surface area contributed by atoms with Crippen molar-refractivity contribution in [2.24, 2.45) is 11.8 Å². The van der Waals surface area contributed by atoms with E-state index in [0.29, 0.717) is 18.9 Å².